The van der Waals surface area contributed by atoms with Crippen LogP contribution in [0.3, 0.4) is 0 Å². The number of carbonyl (C=O) groups excluding carboxylic acids is 1. The van der Waals surface area contributed by atoms with Crippen LogP contribution in [0.15, 0.2) is 53.5 Å². The fourth-order valence-electron chi connectivity index (χ4n) is 3.15. The number of hydrogen-bond donors (Lipinski definition) is 2. The van der Waals surface area contributed by atoms with Gasteiger partial charge in [-0.2, -0.15) is 0 Å². The zero-order chi connectivity index (χ0) is 16.8. The van der Waals surface area contributed by atoms with E-state index in [1.54, 1.807) is 12.1 Å². The van der Waals surface area contributed by atoms with Gasteiger partial charge in [-0.05, 0) is 43.0 Å². The second-order valence-electron chi connectivity index (χ2n) is 6.31. The molecule has 2 aromatic rings. The monoisotopic (exact) mass is 325 g/mol. The predicted molar refractivity (Wildman–Crippen MR) is 94.1 cm³/mol. The zero-order valence-electron chi connectivity index (χ0n) is 13.7. The molecule has 1 saturated heterocycles. The van der Waals surface area contributed by atoms with E-state index in [1.165, 1.54) is 11.8 Å². The molecule has 1 unspecified atom stereocenters. The van der Waals surface area contributed by atoms with Crippen molar-refractivity contribution in [2.24, 2.45) is 5.92 Å². The van der Waals surface area contributed by atoms with Crippen LogP contribution in [0.25, 0.3) is 0 Å². The van der Waals surface area contributed by atoms with Crippen LogP contribution >= 0.6 is 0 Å². The van der Waals surface area contributed by atoms with Gasteiger partial charge in [0.15, 0.2) is 0 Å². The molecule has 1 amide bonds. The van der Waals surface area contributed by atoms with Crippen molar-refractivity contribution in [1.29, 1.82) is 0 Å². The van der Waals surface area contributed by atoms with Crippen LogP contribution in [0.4, 0.5) is 0 Å². The molecule has 0 aliphatic carbocycles. The predicted octanol–water partition coefficient (Wildman–Crippen LogP) is 1.67. The molecule has 24 heavy (non-hydrogen) atoms. The molecule has 126 valence electrons. The first kappa shape index (κ1) is 16.5. The van der Waals surface area contributed by atoms with Crippen molar-refractivity contribution in [3.05, 3.63) is 70.1 Å². The Kier molecular flexibility index (Phi) is 5.43. The highest BCUT2D eigenvalue weighted by Crippen LogP contribution is 2.16. The molecule has 0 bridgehead atoms. The molecule has 1 aromatic carbocycles. The minimum absolute atomic E-state index is 0.177. The van der Waals surface area contributed by atoms with E-state index in [2.05, 4.69) is 39.5 Å². The Bertz CT molecular complexity index is 727. The minimum atomic E-state index is -0.342. The Hall–Kier alpha value is -2.40. The maximum atomic E-state index is 12.1. The van der Waals surface area contributed by atoms with E-state index < -0.39 is 0 Å². The first-order valence-electron chi connectivity index (χ1n) is 8.44. The van der Waals surface area contributed by atoms with Crippen LogP contribution < -0.4 is 10.9 Å². The van der Waals surface area contributed by atoms with Crippen LogP contribution in [0, 0.1) is 5.92 Å². The number of carbonyl (C=O) groups is 1. The summed E-state index contributed by atoms with van der Waals surface area (Å²) in [5.41, 5.74) is 1.19. The third kappa shape index (κ3) is 4.32. The Morgan fingerprint density at radius 2 is 2.04 bits per heavy atom. The van der Waals surface area contributed by atoms with Gasteiger partial charge in [-0.25, -0.2) is 0 Å². The quantitative estimate of drug-likeness (QED) is 0.849. The van der Waals surface area contributed by atoms with Crippen LogP contribution in [0.5, 0.6) is 0 Å². The van der Waals surface area contributed by atoms with Crippen LogP contribution in [-0.4, -0.2) is 42.0 Å². The second-order valence-corrected chi connectivity index (χ2v) is 6.31. The molecule has 2 heterocycles. The smallest absolute Gasteiger partial charge is 0.260 e. The summed E-state index contributed by atoms with van der Waals surface area (Å²) in [5, 5.41) is 2.89. The number of pyridine rings is 1. The average Bonchev–Trinajstić information content (AvgIpc) is 3.07. The highest BCUT2D eigenvalue weighted by Gasteiger charge is 2.23. The molecule has 3 rings (SSSR count). The number of benzene rings is 1. The molecule has 1 aromatic heterocycles. The number of H-pyrrole nitrogens is 1. The number of rotatable bonds is 6. The fraction of sp³-hybridized carbons (Fsp3) is 0.368. The number of nitrogens with one attached hydrogen (secondary N) is 2. The maximum Gasteiger partial charge on any atom is 0.260 e. The summed E-state index contributed by atoms with van der Waals surface area (Å²) >= 11 is 0. The summed E-state index contributed by atoms with van der Waals surface area (Å²) in [4.78, 5) is 28.6. The standard InChI is InChI=1S/C19H23N3O2/c23-18-17(7-4-10-20-18)19(24)21-13-16-9-12-22(14-16)11-8-15-5-2-1-3-6-15/h1-7,10,16H,8-9,11-14H2,(H,20,23)(H,21,24). The fourth-order valence-corrected chi connectivity index (χ4v) is 3.15. The molecule has 2 N–H and O–H groups in total. The van der Waals surface area contributed by atoms with Gasteiger partial charge in [0.05, 0.1) is 0 Å². The second kappa shape index (κ2) is 7.93. The van der Waals surface area contributed by atoms with Crippen molar-refractivity contribution in [2.45, 2.75) is 12.8 Å². The molecule has 1 fully saturated rings. The minimum Gasteiger partial charge on any atom is -0.352 e. The van der Waals surface area contributed by atoms with Crippen molar-refractivity contribution in [3.63, 3.8) is 0 Å². The highest BCUT2D eigenvalue weighted by atomic mass is 16.2. The normalized spacial score (nSPS) is 17.8. The largest absolute Gasteiger partial charge is 0.352 e. The lowest BCUT2D eigenvalue weighted by atomic mass is 10.1. The SMILES string of the molecule is O=C(NCC1CCN(CCc2ccccc2)C1)c1ccc[nH]c1=O. The summed E-state index contributed by atoms with van der Waals surface area (Å²) < 4.78 is 0. The molecule has 0 spiro atoms. The third-order valence-corrected chi connectivity index (χ3v) is 4.54. The van der Waals surface area contributed by atoms with E-state index >= 15 is 0 Å². The lowest BCUT2D eigenvalue weighted by Crippen LogP contribution is -2.34. The van der Waals surface area contributed by atoms with Gasteiger partial charge in [-0.3, -0.25) is 9.59 Å². The van der Waals surface area contributed by atoms with E-state index in [0.717, 1.165) is 32.5 Å². The molecule has 1 aliphatic rings. The summed E-state index contributed by atoms with van der Waals surface area (Å²) in [6.07, 6.45) is 3.67. The lowest BCUT2D eigenvalue weighted by Gasteiger charge is -2.16. The van der Waals surface area contributed by atoms with Gasteiger partial charge < -0.3 is 15.2 Å². The number of nitrogens with zero attached hydrogens (tertiary/aromatic N) is 1. The van der Waals surface area contributed by atoms with E-state index in [4.69, 9.17) is 0 Å². The summed E-state index contributed by atoms with van der Waals surface area (Å²) in [6.45, 7) is 3.74. The van der Waals surface area contributed by atoms with Gasteiger partial charge in [0.1, 0.15) is 5.56 Å². The maximum absolute atomic E-state index is 12.1. The van der Waals surface area contributed by atoms with Crippen molar-refractivity contribution >= 4 is 5.91 Å². The van der Waals surface area contributed by atoms with Gasteiger partial charge in [0.25, 0.3) is 11.5 Å². The molecular weight excluding hydrogens is 302 g/mol. The Labute approximate surface area is 141 Å². The van der Waals surface area contributed by atoms with Crippen molar-refractivity contribution in [1.82, 2.24) is 15.2 Å². The zero-order valence-corrected chi connectivity index (χ0v) is 13.7. The van der Waals surface area contributed by atoms with Gasteiger partial charge in [0, 0.05) is 25.8 Å². The van der Waals surface area contributed by atoms with Crippen molar-refractivity contribution in [3.8, 4) is 0 Å². The highest BCUT2D eigenvalue weighted by molar-refractivity contribution is 5.93. The molecule has 1 atom stereocenters. The number of aromatic nitrogens is 1. The Balaban J connectivity index is 1.42. The lowest BCUT2D eigenvalue weighted by molar-refractivity contribution is 0.0946. The van der Waals surface area contributed by atoms with Gasteiger partial charge in [-0.1, -0.05) is 30.3 Å². The number of likely N-dealkylation sites (tertiary alicyclic amines) is 1. The van der Waals surface area contributed by atoms with Gasteiger partial charge in [0.2, 0.25) is 0 Å². The van der Waals surface area contributed by atoms with Crippen molar-refractivity contribution in [2.75, 3.05) is 26.2 Å². The molecule has 0 saturated carbocycles. The third-order valence-electron chi connectivity index (χ3n) is 4.54. The van der Waals surface area contributed by atoms with E-state index in [1.807, 2.05) is 6.07 Å². The summed E-state index contributed by atoms with van der Waals surface area (Å²) in [6, 6.07) is 13.7. The van der Waals surface area contributed by atoms with Crippen molar-refractivity contribution < 1.29 is 4.79 Å². The summed E-state index contributed by atoms with van der Waals surface area (Å²) in [7, 11) is 0. The Morgan fingerprint density at radius 3 is 2.83 bits per heavy atom. The molecule has 1 aliphatic heterocycles. The van der Waals surface area contributed by atoms with Crippen LogP contribution in [0.2, 0.25) is 0 Å². The topological polar surface area (TPSA) is 65.2 Å². The molecule has 0 radical (unpaired) electrons. The Morgan fingerprint density at radius 1 is 1.21 bits per heavy atom. The molecule has 5 nitrogen and oxygen atoms in total. The van der Waals surface area contributed by atoms with Gasteiger partial charge in [-0.15, -0.1) is 0 Å². The van der Waals surface area contributed by atoms with E-state index in [-0.39, 0.29) is 17.0 Å². The molecule has 5 heteroatoms. The van der Waals surface area contributed by atoms with E-state index in [0.29, 0.717) is 12.5 Å². The van der Waals surface area contributed by atoms with Gasteiger partial charge >= 0.3 is 0 Å². The first-order chi connectivity index (χ1) is 11.7. The number of hydrogen-bond acceptors (Lipinski definition) is 3. The van der Waals surface area contributed by atoms with Crippen LogP contribution in [-0.2, 0) is 6.42 Å². The van der Waals surface area contributed by atoms with Crippen LogP contribution in [0.1, 0.15) is 22.3 Å². The summed E-state index contributed by atoms with van der Waals surface area (Å²) in [5.74, 6) is 0.159. The first-order valence-corrected chi connectivity index (χ1v) is 8.44. The average molecular weight is 325 g/mol. The number of amides is 1. The molecular formula is C19H23N3O2. The number of aromatic amines is 1. The van der Waals surface area contributed by atoms with E-state index in [9.17, 15) is 9.59 Å².